The first-order valence-corrected chi connectivity index (χ1v) is 13.0. The molecule has 1 unspecified atom stereocenters. The van der Waals surface area contributed by atoms with E-state index in [2.05, 4.69) is 159 Å². The molecule has 0 N–H and O–H groups in total. The predicted octanol–water partition coefficient (Wildman–Crippen LogP) is 8.32. The number of aryl methyl sites for hydroxylation is 2. The van der Waals surface area contributed by atoms with Gasteiger partial charge < -0.3 is 14.4 Å². The van der Waals surface area contributed by atoms with Crippen LogP contribution in [0.25, 0.3) is 16.8 Å². The molecule has 0 spiro atoms. The Kier molecular flexibility index (Phi) is 6.55. The molecule has 0 radical (unpaired) electrons. The molecule has 37 heavy (non-hydrogen) atoms. The third-order valence-corrected chi connectivity index (χ3v) is 7.93. The minimum atomic E-state index is -0.0495. The van der Waals surface area contributed by atoms with E-state index < -0.39 is 0 Å². The Morgan fingerprint density at radius 1 is 0.676 bits per heavy atom. The van der Waals surface area contributed by atoms with E-state index in [-0.39, 0.29) is 5.54 Å². The Morgan fingerprint density at radius 2 is 1.19 bits per heavy atom. The van der Waals surface area contributed by atoms with E-state index >= 15 is 0 Å². The number of rotatable bonds is 6. The summed E-state index contributed by atoms with van der Waals surface area (Å²) < 4.78 is 2.31. The highest BCUT2D eigenvalue weighted by molar-refractivity contribution is 5.78. The van der Waals surface area contributed by atoms with Gasteiger partial charge in [-0.25, -0.2) is 0 Å². The summed E-state index contributed by atoms with van der Waals surface area (Å²) >= 11 is 0. The number of benzene rings is 3. The Labute approximate surface area is 222 Å². The summed E-state index contributed by atoms with van der Waals surface area (Å²) in [6.07, 6.45) is 7.98. The lowest BCUT2D eigenvalue weighted by atomic mass is 9.87. The van der Waals surface area contributed by atoms with Crippen molar-refractivity contribution in [3.63, 3.8) is 0 Å². The van der Waals surface area contributed by atoms with Crippen LogP contribution >= 0.6 is 0 Å². The quantitative estimate of drug-likeness (QED) is 0.271. The molecule has 0 fully saturated rings. The number of aromatic nitrogens is 1. The topological polar surface area (TPSA) is 11.4 Å². The number of anilines is 3. The molecule has 0 saturated carbocycles. The number of likely N-dealkylation sites (N-methyl/N-ethyl adjacent to an activating group) is 1. The fourth-order valence-electron chi connectivity index (χ4n) is 5.09. The van der Waals surface area contributed by atoms with Gasteiger partial charge in [0, 0.05) is 49.6 Å². The van der Waals surface area contributed by atoms with Gasteiger partial charge in [0.05, 0.1) is 5.54 Å². The highest BCUT2D eigenvalue weighted by Crippen LogP contribution is 2.35. The smallest absolute Gasteiger partial charge is 0.0591 e. The molecule has 3 aromatic carbocycles. The van der Waals surface area contributed by atoms with Crippen molar-refractivity contribution in [2.75, 3.05) is 23.9 Å². The predicted molar refractivity (Wildman–Crippen MR) is 160 cm³/mol. The third kappa shape index (κ3) is 4.86. The summed E-state index contributed by atoms with van der Waals surface area (Å²) in [6.45, 7) is 6.56. The van der Waals surface area contributed by atoms with E-state index in [1.165, 1.54) is 50.7 Å². The lowest BCUT2D eigenvalue weighted by molar-refractivity contribution is 0.550. The van der Waals surface area contributed by atoms with Crippen LogP contribution in [0.1, 0.15) is 30.2 Å². The summed E-state index contributed by atoms with van der Waals surface area (Å²) in [6, 6.07) is 30.7. The van der Waals surface area contributed by atoms with Gasteiger partial charge >= 0.3 is 0 Å². The zero-order chi connectivity index (χ0) is 26.2. The van der Waals surface area contributed by atoms with Crippen LogP contribution in [0.4, 0.5) is 17.1 Å². The summed E-state index contributed by atoms with van der Waals surface area (Å²) in [5, 5.41) is 0. The number of hydrogen-bond donors (Lipinski definition) is 0. The van der Waals surface area contributed by atoms with Crippen LogP contribution in [-0.4, -0.2) is 24.2 Å². The van der Waals surface area contributed by atoms with Gasteiger partial charge in [-0.1, -0.05) is 65.8 Å². The number of allylic oxidation sites excluding steroid dienone is 2. The third-order valence-electron chi connectivity index (χ3n) is 7.93. The molecule has 1 atom stereocenters. The van der Waals surface area contributed by atoms with Crippen LogP contribution in [0.15, 0.2) is 103 Å². The maximum Gasteiger partial charge on any atom is 0.0591 e. The normalized spacial score (nSPS) is 17.0. The first-order valence-electron chi connectivity index (χ1n) is 13.0. The monoisotopic (exact) mass is 487 g/mol. The summed E-state index contributed by atoms with van der Waals surface area (Å²) in [4.78, 5) is 4.60. The van der Waals surface area contributed by atoms with E-state index in [0.29, 0.717) is 0 Å². The van der Waals surface area contributed by atoms with Crippen molar-refractivity contribution in [1.82, 2.24) is 4.57 Å². The van der Waals surface area contributed by atoms with Crippen LogP contribution < -0.4 is 9.80 Å². The molecule has 3 nitrogen and oxygen atoms in total. The maximum atomic E-state index is 2.38. The Morgan fingerprint density at radius 3 is 1.73 bits per heavy atom. The molecular weight excluding hydrogens is 450 g/mol. The van der Waals surface area contributed by atoms with Gasteiger partial charge in [0.15, 0.2) is 0 Å². The van der Waals surface area contributed by atoms with Crippen LogP contribution in [0, 0.1) is 13.8 Å². The van der Waals surface area contributed by atoms with E-state index in [9.17, 15) is 0 Å². The van der Waals surface area contributed by atoms with Gasteiger partial charge in [0.2, 0.25) is 0 Å². The van der Waals surface area contributed by atoms with Gasteiger partial charge in [-0.3, -0.25) is 0 Å². The largest absolute Gasteiger partial charge is 0.365 e. The molecule has 0 amide bonds. The van der Waals surface area contributed by atoms with Crippen LogP contribution in [0.5, 0.6) is 0 Å². The van der Waals surface area contributed by atoms with Crippen molar-refractivity contribution in [1.29, 1.82) is 0 Å². The van der Waals surface area contributed by atoms with Gasteiger partial charge in [-0.05, 0) is 86.9 Å². The molecule has 0 bridgehead atoms. The molecule has 0 aliphatic heterocycles. The molecule has 1 aliphatic carbocycles. The van der Waals surface area contributed by atoms with Gasteiger partial charge in [-0.2, -0.15) is 0 Å². The van der Waals surface area contributed by atoms with Gasteiger partial charge in [0.25, 0.3) is 0 Å². The fourth-order valence-corrected chi connectivity index (χ4v) is 5.09. The average molecular weight is 488 g/mol. The summed E-state index contributed by atoms with van der Waals surface area (Å²) in [5.74, 6) is 0. The molecule has 5 rings (SSSR count). The second-order valence-electron chi connectivity index (χ2n) is 10.6. The summed E-state index contributed by atoms with van der Waals surface area (Å²) in [7, 11) is 6.47. The number of nitrogens with zero attached hydrogens (tertiary/aromatic N) is 3. The van der Waals surface area contributed by atoms with Crippen LogP contribution in [0.3, 0.4) is 0 Å². The lowest BCUT2D eigenvalue weighted by Gasteiger charge is -2.39. The van der Waals surface area contributed by atoms with E-state index in [1.54, 1.807) is 0 Å². The van der Waals surface area contributed by atoms with Crippen molar-refractivity contribution >= 4 is 22.6 Å². The molecule has 0 saturated heterocycles. The van der Waals surface area contributed by atoms with Gasteiger partial charge in [0.1, 0.15) is 0 Å². The van der Waals surface area contributed by atoms with Crippen molar-refractivity contribution in [2.24, 2.45) is 7.05 Å². The van der Waals surface area contributed by atoms with E-state index in [0.717, 1.165) is 6.42 Å². The molecule has 1 aliphatic rings. The van der Waals surface area contributed by atoms with Crippen molar-refractivity contribution < 1.29 is 0 Å². The SMILES string of the molecule is Cc1ccc(N(C)c2ccc(-c3ccc(C4=CCC(C)(N(C)c5ccc(C)cc5)C=C4)n3C)cc2)cc1. The second kappa shape index (κ2) is 9.82. The first kappa shape index (κ1) is 24.7. The molecular formula is C34H37N3. The van der Waals surface area contributed by atoms with Crippen molar-refractivity contribution in [3.05, 3.63) is 120 Å². The molecule has 3 heteroatoms. The van der Waals surface area contributed by atoms with E-state index in [4.69, 9.17) is 0 Å². The molecule has 188 valence electrons. The van der Waals surface area contributed by atoms with Crippen molar-refractivity contribution in [3.8, 4) is 11.3 Å². The zero-order valence-corrected chi connectivity index (χ0v) is 22.9. The highest BCUT2D eigenvalue weighted by atomic mass is 15.2. The summed E-state index contributed by atoms with van der Waals surface area (Å²) in [5.41, 5.74) is 11.1. The molecule has 1 aromatic heterocycles. The maximum absolute atomic E-state index is 2.38. The average Bonchev–Trinajstić information content (AvgIpc) is 3.30. The minimum absolute atomic E-state index is 0.0495. The van der Waals surface area contributed by atoms with E-state index in [1.807, 2.05) is 0 Å². The van der Waals surface area contributed by atoms with Gasteiger partial charge in [-0.15, -0.1) is 0 Å². The highest BCUT2D eigenvalue weighted by Gasteiger charge is 2.28. The number of hydrogen-bond acceptors (Lipinski definition) is 2. The molecule has 4 aromatic rings. The Hall–Kier alpha value is -3.98. The Balaban J connectivity index is 1.32. The van der Waals surface area contributed by atoms with Crippen LogP contribution in [-0.2, 0) is 7.05 Å². The second-order valence-corrected chi connectivity index (χ2v) is 10.6. The van der Waals surface area contributed by atoms with Crippen LogP contribution in [0.2, 0.25) is 0 Å². The minimum Gasteiger partial charge on any atom is -0.365 e. The first-order chi connectivity index (χ1) is 17.7. The lowest BCUT2D eigenvalue weighted by Crippen LogP contribution is -2.42. The fraction of sp³-hybridized carbons (Fsp3) is 0.235. The zero-order valence-electron chi connectivity index (χ0n) is 22.9. The van der Waals surface area contributed by atoms with Crippen molar-refractivity contribution in [2.45, 2.75) is 32.7 Å². The standard InChI is InChI=1S/C34H37N3/c1-25-7-13-29(14-8-25)35(4)30-17-11-27(12-18-30)32-19-20-33(36(32)5)28-21-23-34(3,24-22-28)37(6)31-15-9-26(2)10-16-31/h7-23H,24H2,1-6H3. The molecule has 1 heterocycles. The Bertz CT molecular complexity index is 1440.